The van der Waals surface area contributed by atoms with Crippen LogP contribution in [0.25, 0.3) is 0 Å². The summed E-state index contributed by atoms with van der Waals surface area (Å²) in [5.41, 5.74) is 0.511. The molecular weight excluding hydrogens is 290 g/mol. The molecular formula is C13H21N5O2S. The SMILES string of the molecule is O=S(=O)(Nc1ccc(N2CCCC2)nc1)N1CCNCC1. The van der Waals surface area contributed by atoms with E-state index in [2.05, 4.69) is 19.9 Å². The predicted octanol–water partition coefficient (Wildman–Crippen LogP) is 0.244. The molecule has 1 aromatic heterocycles. The molecule has 0 radical (unpaired) electrons. The van der Waals surface area contributed by atoms with Crippen LogP contribution in [0.15, 0.2) is 18.3 Å². The highest BCUT2D eigenvalue weighted by Gasteiger charge is 2.23. The van der Waals surface area contributed by atoms with E-state index < -0.39 is 10.2 Å². The van der Waals surface area contributed by atoms with E-state index in [1.165, 1.54) is 17.1 Å². The van der Waals surface area contributed by atoms with Gasteiger partial charge in [0.25, 0.3) is 0 Å². The molecule has 1 aromatic rings. The highest BCUT2D eigenvalue weighted by molar-refractivity contribution is 7.90. The van der Waals surface area contributed by atoms with Gasteiger partial charge in [0, 0.05) is 39.3 Å². The van der Waals surface area contributed by atoms with Crippen molar-refractivity contribution < 1.29 is 8.42 Å². The van der Waals surface area contributed by atoms with Gasteiger partial charge in [-0.25, -0.2) is 4.98 Å². The van der Waals surface area contributed by atoms with Crippen LogP contribution in [0, 0.1) is 0 Å². The second-order valence-electron chi connectivity index (χ2n) is 5.36. The second kappa shape index (κ2) is 6.17. The van der Waals surface area contributed by atoms with Crippen molar-refractivity contribution in [1.82, 2.24) is 14.6 Å². The molecule has 2 saturated heterocycles. The molecule has 2 fully saturated rings. The minimum atomic E-state index is -3.48. The molecule has 2 N–H and O–H groups in total. The topological polar surface area (TPSA) is 77.6 Å². The first-order valence-electron chi connectivity index (χ1n) is 7.35. The Morgan fingerprint density at radius 3 is 2.43 bits per heavy atom. The summed E-state index contributed by atoms with van der Waals surface area (Å²) in [6.45, 7) is 4.42. The molecule has 0 saturated carbocycles. The van der Waals surface area contributed by atoms with E-state index in [1.54, 1.807) is 12.3 Å². The molecule has 3 rings (SSSR count). The van der Waals surface area contributed by atoms with Gasteiger partial charge in [-0.15, -0.1) is 0 Å². The van der Waals surface area contributed by atoms with Crippen molar-refractivity contribution in [2.45, 2.75) is 12.8 Å². The highest BCUT2D eigenvalue weighted by atomic mass is 32.2. The number of hydrogen-bond acceptors (Lipinski definition) is 5. The Bertz CT molecular complexity index is 563. The van der Waals surface area contributed by atoms with E-state index in [0.717, 1.165) is 18.9 Å². The van der Waals surface area contributed by atoms with Gasteiger partial charge in [-0.1, -0.05) is 0 Å². The molecule has 7 nitrogen and oxygen atoms in total. The Balaban J connectivity index is 1.66. The Morgan fingerprint density at radius 1 is 1.10 bits per heavy atom. The molecule has 21 heavy (non-hydrogen) atoms. The lowest BCUT2D eigenvalue weighted by molar-refractivity contribution is 0.362. The third kappa shape index (κ3) is 3.45. The van der Waals surface area contributed by atoms with Gasteiger partial charge in [0.15, 0.2) is 0 Å². The molecule has 0 spiro atoms. The standard InChI is InChI=1S/C13H21N5O2S/c19-21(20,18-9-5-14-6-10-18)16-12-3-4-13(15-11-12)17-7-1-2-8-17/h3-4,11,14,16H,1-2,5-10H2. The Hall–Kier alpha value is -1.38. The van der Waals surface area contributed by atoms with Gasteiger partial charge in [-0.05, 0) is 25.0 Å². The summed E-state index contributed by atoms with van der Waals surface area (Å²) in [5.74, 6) is 0.914. The smallest absolute Gasteiger partial charge is 0.301 e. The van der Waals surface area contributed by atoms with E-state index in [0.29, 0.717) is 31.9 Å². The van der Waals surface area contributed by atoms with Gasteiger partial charge in [0.1, 0.15) is 5.82 Å². The zero-order valence-corrected chi connectivity index (χ0v) is 12.8. The van der Waals surface area contributed by atoms with Gasteiger partial charge in [0.05, 0.1) is 11.9 Å². The van der Waals surface area contributed by atoms with E-state index in [9.17, 15) is 8.42 Å². The van der Waals surface area contributed by atoms with Crippen LogP contribution in [0.5, 0.6) is 0 Å². The molecule has 2 aliphatic heterocycles. The van der Waals surface area contributed by atoms with Crippen molar-refractivity contribution in [1.29, 1.82) is 0 Å². The van der Waals surface area contributed by atoms with Crippen LogP contribution >= 0.6 is 0 Å². The maximum atomic E-state index is 12.2. The van der Waals surface area contributed by atoms with Crippen molar-refractivity contribution in [2.75, 3.05) is 48.9 Å². The summed E-state index contributed by atoms with van der Waals surface area (Å²) in [6.07, 6.45) is 3.98. The van der Waals surface area contributed by atoms with Crippen molar-refractivity contribution in [3.8, 4) is 0 Å². The Labute approximate surface area is 125 Å². The largest absolute Gasteiger partial charge is 0.357 e. The van der Waals surface area contributed by atoms with Gasteiger partial charge in [0.2, 0.25) is 0 Å². The third-order valence-corrected chi connectivity index (χ3v) is 5.38. The maximum Gasteiger partial charge on any atom is 0.301 e. The lowest BCUT2D eigenvalue weighted by atomic mass is 10.4. The van der Waals surface area contributed by atoms with Crippen molar-refractivity contribution >= 4 is 21.7 Å². The molecule has 0 aromatic carbocycles. The van der Waals surface area contributed by atoms with E-state index in [1.807, 2.05) is 6.07 Å². The van der Waals surface area contributed by atoms with Crippen molar-refractivity contribution in [3.63, 3.8) is 0 Å². The number of piperazine rings is 1. The van der Waals surface area contributed by atoms with Crippen molar-refractivity contribution in [2.24, 2.45) is 0 Å². The summed E-state index contributed by atoms with van der Waals surface area (Å²) in [5, 5.41) is 3.14. The monoisotopic (exact) mass is 311 g/mol. The van der Waals surface area contributed by atoms with E-state index in [-0.39, 0.29) is 0 Å². The first-order chi connectivity index (χ1) is 10.1. The Morgan fingerprint density at radius 2 is 1.81 bits per heavy atom. The molecule has 0 aliphatic carbocycles. The molecule has 8 heteroatoms. The fourth-order valence-electron chi connectivity index (χ4n) is 2.68. The normalized spacial score (nSPS) is 20.7. The molecule has 0 amide bonds. The molecule has 116 valence electrons. The molecule has 0 bridgehead atoms. The number of nitrogens with zero attached hydrogens (tertiary/aromatic N) is 3. The zero-order chi connectivity index (χ0) is 14.7. The van der Waals surface area contributed by atoms with Crippen LogP contribution in [0.4, 0.5) is 11.5 Å². The van der Waals surface area contributed by atoms with Crippen LogP contribution in [0.1, 0.15) is 12.8 Å². The van der Waals surface area contributed by atoms with Gasteiger partial charge >= 0.3 is 10.2 Å². The van der Waals surface area contributed by atoms with Gasteiger partial charge in [-0.3, -0.25) is 4.72 Å². The van der Waals surface area contributed by atoms with Gasteiger partial charge < -0.3 is 10.2 Å². The van der Waals surface area contributed by atoms with Crippen molar-refractivity contribution in [3.05, 3.63) is 18.3 Å². The average Bonchev–Trinajstić information content (AvgIpc) is 3.03. The summed E-state index contributed by atoms with van der Waals surface area (Å²) in [4.78, 5) is 6.57. The summed E-state index contributed by atoms with van der Waals surface area (Å²) in [6, 6.07) is 3.65. The van der Waals surface area contributed by atoms with Crippen LogP contribution in [0.2, 0.25) is 0 Å². The van der Waals surface area contributed by atoms with Crippen LogP contribution in [0.3, 0.4) is 0 Å². The van der Waals surface area contributed by atoms with Crippen LogP contribution < -0.4 is 14.9 Å². The first-order valence-corrected chi connectivity index (χ1v) is 8.79. The Kier molecular flexibility index (Phi) is 4.27. The summed E-state index contributed by atoms with van der Waals surface area (Å²) >= 11 is 0. The fraction of sp³-hybridized carbons (Fsp3) is 0.615. The zero-order valence-electron chi connectivity index (χ0n) is 12.0. The van der Waals surface area contributed by atoms with Gasteiger partial charge in [-0.2, -0.15) is 12.7 Å². The molecule has 2 aliphatic rings. The first kappa shape index (κ1) is 14.6. The van der Waals surface area contributed by atoms with Crippen LogP contribution in [-0.2, 0) is 10.2 Å². The third-order valence-electron chi connectivity index (χ3n) is 3.84. The van der Waals surface area contributed by atoms with Crippen LogP contribution in [-0.4, -0.2) is 57.0 Å². The average molecular weight is 311 g/mol. The lowest BCUT2D eigenvalue weighted by Crippen LogP contribution is -2.48. The number of rotatable bonds is 4. The summed E-state index contributed by atoms with van der Waals surface area (Å²) < 4.78 is 28.5. The highest BCUT2D eigenvalue weighted by Crippen LogP contribution is 2.20. The fourth-order valence-corrected chi connectivity index (χ4v) is 3.89. The maximum absolute atomic E-state index is 12.2. The predicted molar refractivity (Wildman–Crippen MR) is 82.7 cm³/mol. The summed E-state index contributed by atoms with van der Waals surface area (Å²) in [7, 11) is -3.48. The quantitative estimate of drug-likeness (QED) is 0.833. The number of pyridine rings is 1. The van der Waals surface area contributed by atoms with E-state index >= 15 is 0 Å². The number of nitrogens with one attached hydrogen (secondary N) is 2. The minimum absolute atomic E-state index is 0.495. The molecule has 3 heterocycles. The number of hydrogen-bond donors (Lipinski definition) is 2. The van der Waals surface area contributed by atoms with E-state index in [4.69, 9.17) is 0 Å². The number of aromatic nitrogens is 1. The minimum Gasteiger partial charge on any atom is -0.357 e. The molecule has 0 unspecified atom stereocenters. The lowest BCUT2D eigenvalue weighted by Gasteiger charge is -2.26. The second-order valence-corrected chi connectivity index (χ2v) is 7.03. The number of anilines is 2. The molecule has 0 atom stereocenters.